The van der Waals surface area contributed by atoms with Gasteiger partial charge in [0.25, 0.3) is 5.91 Å². The first-order valence-corrected chi connectivity index (χ1v) is 12.1. The molecule has 2 atom stereocenters. The van der Waals surface area contributed by atoms with Gasteiger partial charge in [-0.2, -0.15) is 13.2 Å². The number of carboxylic acids is 1. The van der Waals surface area contributed by atoms with Gasteiger partial charge < -0.3 is 20.5 Å². The molecule has 0 aliphatic carbocycles. The number of hydrogen-bond donors (Lipinski definition) is 3. The second kappa shape index (κ2) is 12.9. The number of aromatic nitrogens is 2. The summed E-state index contributed by atoms with van der Waals surface area (Å²) < 4.78 is 44.2. The van der Waals surface area contributed by atoms with Crippen LogP contribution in [0.25, 0.3) is 11.3 Å². The Morgan fingerprint density at radius 2 is 1.68 bits per heavy atom. The van der Waals surface area contributed by atoms with Gasteiger partial charge in [0.05, 0.1) is 23.7 Å². The van der Waals surface area contributed by atoms with E-state index in [1.807, 2.05) is 0 Å². The molecule has 1 aromatic heterocycles. The van der Waals surface area contributed by atoms with Crippen LogP contribution in [0, 0.1) is 5.92 Å². The molecule has 0 bridgehead atoms. The van der Waals surface area contributed by atoms with Gasteiger partial charge >= 0.3 is 12.1 Å². The third-order valence-electron chi connectivity index (χ3n) is 6.01. The van der Waals surface area contributed by atoms with Gasteiger partial charge in [-0.25, -0.2) is 0 Å². The standard InChI is InChI=1S/C27H29F3N4O4/c1-3-17(2)23(32-21-10-6-19(7-11-21)26(37)31-15-14-25(35)36)16-38-24-13-12-22(33-34-24)18-4-8-20(9-5-18)27(28,29)30/h4-13,17,23,32H,3,14-16H2,1-2H3,(H,31,37)(H,35,36)/t17-,23+/m0/s1. The Kier molecular flexibility index (Phi) is 9.64. The van der Waals surface area contributed by atoms with Crippen LogP contribution in [0.1, 0.15) is 42.6 Å². The van der Waals surface area contributed by atoms with Crippen LogP contribution < -0.4 is 15.4 Å². The molecule has 0 unspecified atom stereocenters. The number of nitrogens with one attached hydrogen (secondary N) is 2. The lowest BCUT2D eigenvalue weighted by Crippen LogP contribution is -2.33. The molecule has 0 fully saturated rings. The van der Waals surface area contributed by atoms with Crippen molar-refractivity contribution >= 4 is 17.6 Å². The van der Waals surface area contributed by atoms with Crippen molar-refractivity contribution in [3.63, 3.8) is 0 Å². The molecule has 0 aliphatic rings. The molecule has 0 aliphatic heterocycles. The molecule has 11 heteroatoms. The van der Waals surface area contributed by atoms with E-state index in [-0.39, 0.29) is 43.3 Å². The smallest absolute Gasteiger partial charge is 0.416 e. The average Bonchev–Trinajstić information content (AvgIpc) is 2.90. The molecule has 0 spiro atoms. The largest absolute Gasteiger partial charge is 0.481 e. The Balaban J connectivity index is 1.58. The molecule has 38 heavy (non-hydrogen) atoms. The van der Waals surface area contributed by atoms with Crippen LogP contribution in [-0.2, 0) is 11.0 Å². The minimum atomic E-state index is -4.40. The van der Waals surface area contributed by atoms with Gasteiger partial charge in [-0.3, -0.25) is 9.59 Å². The van der Waals surface area contributed by atoms with E-state index in [2.05, 4.69) is 34.7 Å². The third kappa shape index (κ3) is 8.19. The summed E-state index contributed by atoms with van der Waals surface area (Å²) in [5, 5.41) is 22.8. The van der Waals surface area contributed by atoms with Crippen molar-refractivity contribution in [3.05, 3.63) is 71.8 Å². The van der Waals surface area contributed by atoms with Crippen LogP contribution in [0.3, 0.4) is 0 Å². The van der Waals surface area contributed by atoms with Crippen molar-refractivity contribution < 1.29 is 32.6 Å². The predicted molar refractivity (Wildman–Crippen MR) is 136 cm³/mol. The lowest BCUT2D eigenvalue weighted by Gasteiger charge is -2.25. The van der Waals surface area contributed by atoms with Gasteiger partial charge in [-0.1, -0.05) is 32.4 Å². The van der Waals surface area contributed by atoms with E-state index in [0.717, 1.165) is 24.2 Å². The molecular weight excluding hydrogens is 501 g/mol. The summed E-state index contributed by atoms with van der Waals surface area (Å²) in [4.78, 5) is 22.7. The number of aliphatic carboxylic acids is 1. The van der Waals surface area contributed by atoms with E-state index in [1.54, 1.807) is 36.4 Å². The van der Waals surface area contributed by atoms with Crippen molar-refractivity contribution in [1.29, 1.82) is 0 Å². The highest BCUT2D eigenvalue weighted by Crippen LogP contribution is 2.30. The lowest BCUT2D eigenvalue weighted by molar-refractivity contribution is -0.138. The van der Waals surface area contributed by atoms with Crippen LogP contribution in [0.5, 0.6) is 5.88 Å². The number of carbonyl (C=O) groups is 2. The molecule has 2 aromatic carbocycles. The molecule has 3 aromatic rings. The normalized spacial score (nSPS) is 12.9. The monoisotopic (exact) mass is 530 g/mol. The van der Waals surface area contributed by atoms with Gasteiger partial charge in [0.1, 0.15) is 6.61 Å². The van der Waals surface area contributed by atoms with Crippen molar-refractivity contribution in [2.24, 2.45) is 5.92 Å². The van der Waals surface area contributed by atoms with Gasteiger partial charge in [0.15, 0.2) is 0 Å². The Labute approximate surface area is 218 Å². The summed E-state index contributed by atoms with van der Waals surface area (Å²) in [6, 6.07) is 14.7. The first kappa shape index (κ1) is 28.4. The maximum Gasteiger partial charge on any atom is 0.416 e. The molecular formula is C27H29F3N4O4. The Bertz CT molecular complexity index is 1200. The number of anilines is 1. The van der Waals surface area contributed by atoms with Crippen molar-refractivity contribution in [2.45, 2.75) is 38.9 Å². The number of amides is 1. The van der Waals surface area contributed by atoms with E-state index in [1.165, 1.54) is 12.1 Å². The van der Waals surface area contributed by atoms with Crippen LogP contribution in [0.15, 0.2) is 60.7 Å². The minimum absolute atomic E-state index is 0.0514. The van der Waals surface area contributed by atoms with Crippen LogP contribution >= 0.6 is 0 Å². The summed E-state index contributed by atoms with van der Waals surface area (Å²) >= 11 is 0. The van der Waals surface area contributed by atoms with Crippen molar-refractivity contribution in [2.75, 3.05) is 18.5 Å². The molecule has 0 saturated heterocycles. The fourth-order valence-electron chi connectivity index (χ4n) is 3.51. The average molecular weight is 531 g/mol. The molecule has 3 N–H and O–H groups in total. The Hall–Kier alpha value is -4.15. The fraction of sp³-hybridized carbons (Fsp3) is 0.333. The third-order valence-corrected chi connectivity index (χ3v) is 6.01. The molecule has 8 nitrogen and oxygen atoms in total. The zero-order chi connectivity index (χ0) is 27.7. The lowest BCUT2D eigenvalue weighted by atomic mass is 9.99. The van der Waals surface area contributed by atoms with Crippen LogP contribution in [-0.4, -0.2) is 46.4 Å². The van der Waals surface area contributed by atoms with E-state index in [9.17, 15) is 22.8 Å². The first-order valence-electron chi connectivity index (χ1n) is 12.1. The van der Waals surface area contributed by atoms with E-state index >= 15 is 0 Å². The molecule has 0 radical (unpaired) electrons. The molecule has 3 rings (SSSR count). The van der Waals surface area contributed by atoms with Crippen LogP contribution in [0.4, 0.5) is 18.9 Å². The molecule has 1 heterocycles. The van der Waals surface area contributed by atoms with Gasteiger partial charge in [0, 0.05) is 29.4 Å². The number of rotatable bonds is 12. The van der Waals surface area contributed by atoms with E-state index in [0.29, 0.717) is 16.8 Å². The van der Waals surface area contributed by atoms with E-state index < -0.39 is 17.7 Å². The molecule has 1 amide bonds. The zero-order valence-corrected chi connectivity index (χ0v) is 21.0. The molecule has 0 saturated carbocycles. The number of alkyl halides is 3. The second-order valence-corrected chi connectivity index (χ2v) is 8.76. The first-order chi connectivity index (χ1) is 18.1. The summed E-state index contributed by atoms with van der Waals surface area (Å²) in [6.07, 6.45) is -3.67. The van der Waals surface area contributed by atoms with Gasteiger partial charge in [-0.15, -0.1) is 10.2 Å². The maximum atomic E-state index is 12.8. The number of carbonyl (C=O) groups excluding carboxylic acids is 1. The SMILES string of the molecule is CC[C@H](C)[C@@H](COc1ccc(-c2ccc(C(F)(F)F)cc2)nn1)Nc1ccc(C(=O)NCCC(=O)O)cc1. The number of benzene rings is 2. The van der Waals surface area contributed by atoms with Gasteiger partial charge in [-0.05, 0) is 48.4 Å². The van der Waals surface area contributed by atoms with Gasteiger partial charge in [0.2, 0.25) is 5.88 Å². The maximum absolute atomic E-state index is 12.8. The number of hydrogen-bond acceptors (Lipinski definition) is 6. The summed E-state index contributed by atoms with van der Waals surface area (Å²) in [6.45, 7) is 4.46. The fourth-order valence-corrected chi connectivity index (χ4v) is 3.51. The minimum Gasteiger partial charge on any atom is -0.481 e. The number of nitrogens with zero attached hydrogens (tertiary/aromatic N) is 2. The topological polar surface area (TPSA) is 113 Å². The Morgan fingerprint density at radius 1 is 1.00 bits per heavy atom. The predicted octanol–water partition coefficient (Wildman–Crippen LogP) is 5.27. The van der Waals surface area contributed by atoms with E-state index in [4.69, 9.17) is 9.84 Å². The van der Waals surface area contributed by atoms with Crippen LogP contribution in [0.2, 0.25) is 0 Å². The number of halogens is 3. The highest BCUT2D eigenvalue weighted by molar-refractivity contribution is 5.94. The van der Waals surface area contributed by atoms with Crippen molar-refractivity contribution in [3.8, 4) is 17.1 Å². The quantitative estimate of drug-likeness (QED) is 0.292. The highest BCUT2D eigenvalue weighted by atomic mass is 19.4. The summed E-state index contributed by atoms with van der Waals surface area (Å²) in [5.74, 6) is -0.820. The number of carboxylic acid groups (broad SMARTS) is 1. The summed E-state index contributed by atoms with van der Waals surface area (Å²) in [5.41, 5.74) is 1.40. The summed E-state index contributed by atoms with van der Waals surface area (Å²) in [7, 11) is 0. The zero-order valence-electron chi connectivity index (χ0n) is 21.0. The molecule has 202 valence electrons. The Morgan fingerprint density at radius 3 is 2.24 bits per heavy atom. The second-order valence-electron chi connectivity index (χ2n) is 8.76. The number of ether oxygens (including phenoxy) is 1. The van der Waals surface area contributed by atoms with Crippen molar-refractivity contribution in [1.82, 2.24) is 15.5 Å². The highest BCUT2D eigenvalue weighted by Gasteiger charge is 2.30.